The van der Waals surface area contributed by atoms with Gasteiger partial charge in [-0.1, -0.05) is 13.0 Å². The van der Waals surface area contributed by atoms with E-state index in [4.69, 9.17) is 16.2 Å². The van der Waals surface area contributed by atoms with Crippen LogP contribution in [-0.2, 0) is 14.3 Å². The van der Waals surface area contributed by atoms with Gasteiger partial charge in [-0.25, -0.2) is 4.99 Å². The third-order valence-electron chi connectivity index (χ3n) is 4.35. The lowest BCUT2D eigenvalue weighted by molar-refractivity contribution is -0.150. The van der Waals surface area contributed by atoms with Crippen LogP contribution in [-0.4, -0.2) is 42.4 Å². The molecule has 0 radical (unpaired) electrons. The highest BCUT2D eigenvalue weighted by molar-refractivity contribution is 5.97. The average Bonchev–Trinajstić information content (AvgIpc) is 2.66. The summed E-state index contributed by atoms with van der Waals surface area (Å²) in [6.07, 6.45) is 3.26. The molecule has 9 heteroatoms. The summed E-state index contributed by atoms with van der Waals surface area (Å²) in [5, 5.41) is 5.46. The molecule has 1 aliphatic carbocycles. The number of esters is 1. The Labute approximate surface area is 163 Å². The van der Waals surface area contributed by atoms with E-state index in [0.29, 0.717) is 24.1 Å². The molecule has 2 rings (SSSR count). The van der Waals surface area contributed by atoms with Crippen LogP contribution in [0.5, 0.6) is 0 Å². The highest BCUT2D eigenvalue weighted by Gasteiger charge is 2.25. The van der Waals surface area contributed by atoms with E-state index in [9.17, 15) is 14.4 Å². The normalized spacial score (nSPS) is 18.6. The number of hydrogen-bond acceptors (Lipinski definition) is 5. The number of rotatable bonds is 7. The molecular weight excluding hydrogens is 362 g/mol. The van der Waals surface area contributed by atoms with Crippen LogP contribution in [0.1, 0.15) is 49.4 Å². The lowest BCUT2D eigenvalue weighted by Crippen LogP contribution is -2.45. The molecule has 0 spiro atoms. The van der Waals surface area contributed by atoms with Crippen molar-refractivity contribution in [1.82, 2.24) is 10.6 Å². The van der Waals surface area contributed by atoms with Gasteiger partial charge in [0.05, 0.1) is 12.2 Å². The Kier molecular flexibility index (Phi) is 7.79. The summed E-state index contributed by atoms with van der Waals surface area (Å²) >= 11 is 0. The van der Waals surface area contributed by atoms with Crippen molar-refractivity contribution < 1.29 is 19.1 Å². The lowest BCUT2D eigenvalue weighted by Gasteiger charge is -2.29. The van der Waals surface area contributed by atoms with Crippen molar-refractivity contribution in [3.05, 3.63) is 29.8 Å². The van der Waals surface area contributed by atoms with Crippen LogP contribution in [0.25, 0.3) is 0 Å². The van der Waals surface area contributed by atoms with Gasteiger partial charge < -0.3 is 26.8 Å². The van der Waals surface area contributed by atoms with Crippen molar-refractivity contribution in [2.75, 3.05) is 6.54 Å². The number of amides is 2. The molecule has 1 fully saturated rings. The number of benzene rings is 1. The smallest absolute Gasteiger partial charge is 0.305 e. The first-order chi connectivity index (χ1) is 13.4. The number of nitrogens with zero attached hydrogens (tertiary/aromatic N) is 1. The predicted molar refractivity (Wildman–Crippen MR) is 105 cm³/mol. The highest BCUT2D eigenvalue weighted by atomic mass is 16.5. The minimum Gasteiger partial charge on any atom is -0.462 e. The molecule has 9 nitrogen and oxygen atoms in total. The zero-order valence-corrected chi connectivity index (χ0v) is 15.9. The van der Waals surface area contributed by atoms with Gasteiger partial charge in [0.2, 0.25) is 5.91 Å². The fraction of sp³-hybridized carbons (Fsp3) is 0.474. The first kappa shape index (κ1) is 21.2. The van der Waals surface area contributed by atoms with E-state index in [1.54, 1.807) is 25.1 Å². The quantitative estimate of drug-likeness (QED) is 0.306. The summed E-state index contributed by atoms with van der Waals surface area (Å²) in [7, 11) is 0. The van der Waals surface area contributed by atoms with Crippen LogP contribution >= 0.6 is 0 Å². The van der Waals surface area contributed by atoms with Crippen LogP contribution in [0.3, 0.4) is 0 Å². The van der Waals surface area contributed by atoms with E-state index in [1.807, 2.05) is 0 Å². The Morgan fingerprint density at radius 2 is 2.04 bits per heavy atom. The summed E-state index contributed by atoms with van der Waals surface area (Å²) in [6.45, 7) is 1.60. The number of nitrogens with one attached hydrogen (secondary N) is 2. The van der Waals surface area contributed by atoms with Gasteiger partial charge in [0.15, 0.2) is 5.96 Å². The second kappa shape index (κ2) is 10.3. The van der Waals surface area contributed by atoms with Crippen molar-refractivity contribution in [3.8, 4) is 0 Å². The van der Waals surface area contributed by atoms with E-state index in [-0.39, 0.29) is 36.5 Å². The van der Waals surface area contributed by atoms with Gasteiger partial charge in [-0.15, -0.1) is 0 Å². The Morgan fingerprint density at radius 1 is 1.25 bits per heavy atom. The first-order valence-electron chi connectivity index (χ1n) is 9.34. The van der Waals surface area contributed by atoms with E-state index in [2.05, 4.69) is 15.6 Å². The molecule has 0 heterocycles. The van der Waals surface area contributed by atoms with Gasteiger partial charge in [0, 0.05) is 24.4 Å². The molecule has 0 bridgehead atoms. The number of guanidine groups is 1. The molecule has 1 aliphatic rings. The van der Waals surface area contributed by atoms with E-state index in [1.165, 1.54) is 6.07 Å². The second-order valence-electron chi connectivity index (χ2n) is 6.67. The number of carbonyl (C=O) groups is 3. The zero-order valence-electron chi connectivity index (χ0n) is 15.9. The minimum absolute atomic E-state index is 0.0713. The largest absolute Gasteiger partial charge is 0.462 e. The molecule has 0 saturated heterocycles. The third-order valence-corrected chi connectivity index (χ3v) is 4.35. The molecule has 6 N–H and O–H groups in total. The van der Waals surface area contributed by atoms with E-state index >= 15 is 0 Å². The summed E-state index contributed by atoms with van der Waals surface area (Å²) in [5.41, 5.74) is 11.5. The van der Waals surface area contributed by atoms with Crippen LogP contribution in [0.15, 0.2) is 29.3 Å². The molecule has 0 aliphatic heterocycles. The molecular formula is C19H27N5O4. The van der Waals surface area contributed by atoms with Crippen LogP contribution in [0.2, 0.25) is 0 Å². The average molecular weight is 389 g/mol. The third kappa shape index (κ3) is 6.90. The molecule has 2 amide bonds. The number of aliphatic imine (C=N–C) groups is 1. The Balaban J connectivity index is 1.81. The molecule has 1 aromatic carbocycles. The Morgan fingerprint density at radius 3 is 2.75 bits per heavy atom. The van der Waals surface area contributed by atoms with Crippen LogP contribution < -0.4 is 22.1 Å². The first-order valence-corrected chi connectivity index (χ1v) is 9.34. The van der Waals surface area contributed by atoms with Gasteiger partial charge >= 0.3 is 5.97 Å². The van der Waals surface area contributed by atoms with Gasteiger partial charge in [-0.05, 0) is 37.5 Å². The summed E-state index contributed by atoms with van der Waals surface area (Å²) in [5.74, 6) is -1.03. The number of nitrogens with two attached hydrogens (primary N) is 2. The van der Waals surface area contributed by atoms with E-state index < -0.39 is 5.91 Å². The van der Waals surface area contributed by atoms with Crippen molar-refractivity contribution >= 4 is 29.4 Å². The van der Waals surface area contributed by atoms with Gasteiger partial charge in [0.25, 0.3) is 5.91 Å². The van der Waals surface area contributed by atoms with Crippen molar-refractivity contribution in [2.24, 2.45) is 16.5 Å². The van der Waals surface area contributed by atoms with Gasteiger partial charge in [-0.3, -0.25) is 14.4 Å². The summed E-state index contributed by atoms with van der Waals surface area (Å²) in [6, 6.07) is 6.37. The van der Waals surface area contributed by atoms with Crippen molar-refractivity contribution in [3.63, 3.8) is 0 Å². The Hall–Kier alpha value is -3.10. The fourth-order valence-electron chi connectivity index (χ4n) is 3.06. The Bertz CT molecular complexity index is 746. The molecule has 0 aromatic heterocycles. The van der Waals surface area contributed by atoms with Gasteiger partial charge in [0.1, 0.15) is 6.10 Å². The van der Waals surface area contributed by atoms with Gasteiger partial charge in [-0.2, -0.15) is 0 Å². The number of carbonyl (C=O) groups excluding carboxylic acids is 3. The van der Waals surface area contributed by atoms with Crippen LogP contribution in [0, 0.1) is 0 Å². The lowest BCUT2D eigenvalue weighted by atomic mass is 9.93. The minimum atomic E-state index is -0.402. The number of ether oxygens (including phenoxy) is 1. The van der Waals surface area contributed by atoms with Crippen molar-refractivity contribution in [2.45, 2.75) is 51.2 Å². The topological polar surface area (TPSA) is 149 Å². The second-order valence-corrected chi connectivity index (χ2v) is 6.67. The fourth-order valence-corrected chi connectivity index (χ4v) is 3.06. The van der Waals surface area contributed by atoms with Crippen LogP contribution in [0.4, 0.5) is 5.69 Å². The summed E-state index contributed by atoms with van der Waals surface area (Å²) < 4.78 is 5.36. The molecule has 2 atom stereocenters. The predicted octanol–water partition coefficient (Wildman–Crippen LogP) is 0.702. The molecule has 1 aromatic rings. The summed E-state index contributed by atoms with van der Waals surface area (Å²) in [4.78, 5) is 39.7. The monoisotopic (exact) mass is 389 g/mol. The zero-order chi connectivity index (χ0) is 20.5. The maximum atomic E-state index is 12.2. The standard InChI is InChI=1S/C19H27N5O4/c1-2-17(26)28-15-8-4-7-14(10-15)23-16(25)11-22-18(27)12-5-3-6-13(9-12)24-19(20)21/h3,5-6,9,14-15H,2,4,7-8,10-11H2,1H3,(H,22,27)(H,23,25)(H4,20,21,24). The number of hydrogen-bond donors (Lipinski definition) is 4. The maximum absolute atomic E-state index is 12.2. The molecule has 2 unspecified atom stereocenters. The molecule has 28 heavy (non-hydrogen) atoms. The van der Waals surface area contributed by atoms with E-state index in [0.717, 1.165) is 19.3 Å². The highest BCUT2D eigenvalue weighted by Crippen LogP contribution is 2.21. The molecule has 152 valence electrons. The maximum Gasteiger partial charge on any atom is 0.305 e. The SMILES string of the molecule is CCC(=O)OC1CCCC(NC(=O)CNC(=O)c2cccc(N=C(N)N)c2)C1. The molecule has 1 saturated carbocycles. The van der Waals surface area contributed by atoms with Crippen molar-refractivity contribution in [1.29, 1.82) is 0 Å².